The molecule has 2 fully saturated rings. The first-order valence-electron chi connectivity index (χ1n) is 9.00. The number of piperidine rings is 1. The lowest BCUT2D eigenvalue weighted by Gasteiger charge is -2.47. The maximum Gasteiger partial charge on any atom is 0.326 e. The van der Waals surface area contributed by atoms with Crippen LogP contribution in [-0.4, -0.2) is 89.2 Å². The van der Waals surface area contributed by atoms with Crippen LogP contribution >= 0.6 is 0 Å². The highest BCUT2D eigenvalue weighted by Crippen LogP contribution is 2.31. The molecule has 0 unspecified atom stereocenters. The highest BCUT2D eigenvalue weighted by Gasteiger charge is 2.42. The standard InChI is InChI=1S/C18H29N3O5/c1-5-14(22)21-10-11-26-18(12-21)6-8-20(9-7-18)17(25)19(4)15(13(2)3)16(23)24/h5,13,15H,1,6-12H2,2-4H3,(H,23,24)/t15-/m0/s1. The minimum atomic E-state index is -1.00. The van der Waals surface area contributed by atoms with Crippen molar-refractivity contribution in [3.8, 4) is 0 Å². The Morgan fingerprint density at radius 3 is 2.31 bits per heavy atom. The van der Waals surface area contributed by atoms with Crippen molar-refractivity contribution in [1.82, 2.24) is 14.7 Å². The zero-order valence-corrected chi connectivity index (χ0v) is 15.8. The highest BCUT2D eigenvalue weighted by molar-refractivity contribution is 5.87. The number of carboxylic acid groups (broad SMARTS) is 1. The van der Waals surface area contributed by atoms with E-state index in [1.807, 2.05) is 0 Å². The lowest BCUT2D eigenvalue weighted by Crippen LogP contribution is -2.60. The quantitative estimate of drug-likeness (QED) is 0.750. The van der Waals surface area contributed by atoms with Crippen molar-refractivity contribution in [3.63, 3.8) is 0 Å². The van der Waals surface area contributed by atoms with Crippen LogP contribution in [0.4, 0.5) is 4.79 Å². The Hall–Kier alpha value is -2.09. The number of hydrogen-bond acceptors (Lipinski definition) is 4. The van der Waals surface area contributed by atoms with Gasteiger partial charge in [-0.2, -0.15) is 0 Å². The largest absolute Gasteiger partial charge is 0.480 e. The first-order chi connectivity index (χ1) is 12.2. The SMILES string of the molecule is C=CC(=O)N1CCOC2(CCN(C(=O)N(C)[C@H](C(=O)O)C(C)C)CC2)C1. The van der Waals surface area contributed by atoms with Gasteiger partial charge in [0.25, 0.3) is 0 Å². The first-order valence-corrected chi connectivity index (χ1v) is 9.00. The summed E-state index contributed by atoms with van der Waals surface area (Å²) in [6.07, 6.45) is 2.55. The van der Waals surface area contributed by atoms with Crippen LogP contribution in [0.25, 0.3) is 0 Å². The molecule has 0 aromatic heterocycles. The van der Waals surface area contributed by atoms with Crippen LogP contribution in [-0.2, 0) is 14.3 Å². The minimum Gasteiger partial charge on any atom is -0.480 e. The van der Waals surface area contributed by atoms with E-state index in [0.29, 0.717) is 45.6 Å². The van der Waals surface area contributed by atoms with Gasteiger partial charge in [-0.05, 0) is 24.8 Å². The van der Waals surface area contributed by atoms with E-state index in [0.717, 1.165) is 0 Å². The van der Waals surface area contributed by atoms with Crippen molar-refractivity contribution < 1.29 is 24.2 Å². The third-order valence-corrected chi connectivity index (χ3v) is 5.28. The molecule has 26 heavy (non-hydrogen) atoms. The predicted molar refractivity (Wildman–Crippen MR) is 95.7 cm³/mol. The van der Waals surface area contributed by atoms with Gasteiger partial charge in [0.2, 0.25) is 5.91 Å². The Labute approximate surface area is 154 Å². The maximum absolute atomic E-state index is 12.7. The van der Waals surface area contributed by atoms with Crippen LogP contribution in [0.1, 0.15) is 26.7 Å². The highest BCUT2D eigenvalue weighted by atomic mass is 16.5. The van der Waals surface area contributed by atoms with E-state index < -0.39 is 17.6 Å². The number of carboxylic acids is 1. The molecule has 3 amide bonds. The van der Waals surface area contributed by atoms with Crippen molar-refractivity contribution in [3.05, 3.63) is 12.7 Å². The Balaban J connectivity index is 1.99. The molecule has 2 aliphatic heterocycles. The van der Waals surface area contributed by atoms with Crippen molar-refractivity contribution in [2.45, 2.75) is 38.3 Å². The lowest BCUT2D eigenvalue weighted by atomic mass is 9.89. The van der Waals surface area contributed by atoms with Crippen LogP contribution in [0, 0.1) is 5.92 Å². The van der Waals surface area contributed by atoms with Gasteiger partial charge in [-0.15, -0.1) is 0 Å². The summed E-state index contributed by atoms with van der Waals surface area (Å²) in [6.45, 7) is 9.58. The fraction of sp³-hybridized carbons (Fsp3) is 0.722. The molecule has 0 aromatic rings. The summed E-state index contributed by atoms with van der Waals surface area (Å²) < 4.78 is 5.97. The topological polar surface area (TPSA) is 90.4 Å². The van der Waals surface area contributed by atoms with Gasteiger partial charge in [-0.3, -0.25) is 4.79 Å². The van der Waals surface area contributed by atoms with E-state index >= 15 is 0 Å². The molecule has 2 saturated heterocycles. The Kier molecular flexibility index (Phi) is 6.28. The molecule has 0 saturated carbocycles. The Morgan fingerprint density at radius 2 is 1.81 bits per heavy atom. The number of likely N-dealkylation sites (N-methyl/N-ethyl adjacent to an activating group) is 1. The van der Waals surface area contributed by atoms with Crippen molar-refractivity contribution in [2.75, 3.05) is 39.8 Å². The molecule has 1 atom stereocenters. The van der Waals surface area contributed by atoms with Gasteiger partial charge in [0.1, 0.15) is 6.04 Å². The average Bonchev–Trinajstić information content (AvgIpc) is 2.60. The first kappa shape index (κ1) is 20.2. The molecule has 2 rings (SSSR count). The fourth-order valence-electron chi connectivity index (χ4n) is 3.81. The average molecular weight is 367 g/mol. The van der Waals surface area contributed by atoms with Gasteiger partial charge in [-0.1, -0.05) is 20.4 Å². The number of carbonyl (C=O) groups is 3. The molecule has 0 aromatic carbocycles. The number of urea groups is 1. The number of nitrogens with zero attached hydrogens (tertiary/aromatic N) is 3. The van der Waals surface area contributed by atoms with Crippen molar-refractivity contribution >= 4 is 17.9 Å². The van der Waals surface area contributed by atoms with Gasteiger partial charge >= 0.3 is 12.0 Å². The molecule has 1 N–H and O–H groups in total. The maximum atomic E-state index is 12.7. The number of carbonyl (C=O) groups excluding carboxylic acids is 2. The lowest BCUT2D eigenvalue weighted by molar-refractivity contribution is -0.154. The van der Waals surface area contributed by atoms with E-state index in [1.54, 1.807) is 23.6 Å². The third kappa shape index (κ3) is 4.17. The smallest absolute Gasteiger partial charge is 0.326 e. The number of amides is 3. The van der Waals surface area contributed by atoms with Gasteiger partial charge in [0, 0.05) is 26.7 Å². The van der Waals surface area contributed by atoms with E-state index in [4.69, 9.17) is 4.74 Å². The summed E-state index contributed by atoms with van der Waals surface area (Å²) in [7, 11) is 1.53. The summed E-state index contributed by atoms with van der Waals surface area (Å²) in [5.74, 6) is -1.29. The van der Waals surface area contributed by atoms with Gasteiger partial charge in [-0.25, -0.2) is 9.59 Å². The van der Waals surface area contributed by atoms with E-state index in [9.17, 15) is 19.5 Å². The van der Waals surface area contributed by atoms with Crippen LogP contribution in [0.3, 0.4) is 0 Å². The number of ether oxygens (including phenoxy) is 1. The van der Waals surface area contributed by atoms with Crippen LogP contribution < -0.4 is 0 Å². The molecule has 146 valence electrons. The number of aliphatic carboxylic acids is 1. The van der Waals surface area contributed by atoms with Crippen LogP contribution in [0.2, 0.25) is 0 Å². The Morgan fingerprint density at radius 1 is 1.19 bits per heavy atom. The van der Waals surface area contributed by atoms with Crippen molar-refractivity contribution in [1.29, 1.82) is 0 Å². The molecule has 1 spiro atoms. The zero-order chi connectivity index (χ0) is 19.5. The second-order valence-corrected chi connectivity index (χ2v) is 7.40. The number of morpholine rings is 1. The molecule has 2 aliphatic rings. The van der Waals surface area contributed by atoms with Crippen molar-refractivity contribution in [2.24, 2.45) is 5.92 Å². The van der Waals surface area contributed by atoms with Gasteiger partial charge in [0.15, 0.2) is 0 Å². The third-order valence-electron chi connectivity index (χ3n) is 5.28. The summed E-state index contributed by atoms with van der Waals surface area (Å²) in [5, 5.41) is 9.39. The monoisotopic (exact) mass is 367 g/mol. The molecule has 0 aliphatic carbocycles. The second-order valence-electron chi connectivity index (χ2n) is 7.40. The zero-order valence-electron chi connectivity index (χ0n) is 15.8. The molecule has 8 nitrogen and oxygen atoms in total. The number of hydrogen-bond donors (Lipinski definition) is 1. The molecular weight excluding hydrogens is 338 g/mol. The van der Waals surface area contributed by atoms with E-state index in [2.05, 4.69) is 6.58 Å². The molecule has 8 heteroatoms. The summed E-state index contributed by atoms with van der Waals surface area (Å²) in [5.41, 5.74) is -0.434. The predicted octanol–water partition coefficient (Wildman–Crippen LogP) is 1.03. The normalized spacial score (nSPS) is 20.8. The van der Waals surface area contributed by atoms with E-state index in [-0.39, 0.29) is 17.9 Å². The molecular formula is C18H29N3O5. The molecule has 0 bridgehead atoms. The molecule has 0 radical (unpaired) electrons. The van der Waals surface area contributed by atoms with Gasteiger partial charge < -0.3 is 24.5 Å². The summed E-state index contributed by atoms with van der Waals surface area (Å²) in [6, 6.07) is -1.14. The summed E-state index contributed by atoms with van der Waals surface area (Å²) in [4.78, 5) is 40.8. The summed E-state index contributed by atoms with van der Waals surface area (Å²) >= 11 is 0. The second kappa shape index (κ2) is 8.07. The number of likely N-dealkylation sites (tertiary alicyclic amines) is 1. The van der Waals surface area contributed by atoms with E-state index in [1.165, 1.54) is 18.0 Å². The number of rotatable bonds is 4. The Bertz CT molecular complexity index is 569. The van der Waals surface area contributed by atoms with Gasteiger partial charge in [0.05, 0.1) is 18.8 Å². The van der Waals surface area contributed by atoms with Crippen LogP contribution in [0.15, 0.2) is 12.7 Å². The fourth-order valence-corrected chi connectivity index (χ4v) is 3.81. The minimum absolute atomic E-state index is 0.104. The van der Waals surface area contributed by atoms with Crippen LogP contribution in [0.5, 0.6) is 0 Å². The molecule has 2 heterocycles.